The van der Waals surface area contributed by atoms with Crippen LogP contribution in [0.4, 0.5) is 11.6 Å². The van der Waals surface area contributed by atoms with Gasteiger partial charge in [0.1, 0.15) is 0 Å². The highest BCUT2D eigenvalue weighted by molar-refractivity contribution is 6.30. The molecule has 0 radical (unpaired) electrons. The van der Waals surface area contributed by atoms with Crippen LogP contribution in [0.3, 0.4) is 0 Å². The van der Waals surface area contributed by atoms with Crippen molar-refractivity contribution in [2.45, 2.75) is 19.1 Å². The number of nitrogens with one attached hydrogen (secondary N) is 2. The third-order valence-corrected chi connectivity index (χ3v) is 5.30. The Hall–Kier alpha value is -3.00. The van der Waals surface area contributed by atoms with E-state index in [-0.39, 0.29) is 18.1 Å². The van der Waals surface area contributed by atoms with Crippen LogP contribution in [0.5, 0.6) is 0 Å². The maximum atomic E-state index is 12.8. The Labute approximate surface area is 180 Å². The van der Waals surface area contributed by atoms with Crippen molar-refractivity contribution in [3.63, 3.8) is 0 Å². The minimum absolute atomic E-state index is 0.0213. The van der Waals surface area contributed by atoms with E-state index in [1.807, 2.05) is 54.3 Å². The topological polar surface area (TPSA) is 96.2 Å². The quantitative estimate of drug-likeness (QED) is 0.597. The van der Waals surface area contributed by atoms with Crippen molar-refractivity contribution >= 4 is 29.1 Å². The largest absolute Gasteiger partial charge is 0.332 e. The molecule has 8 heteroatoms. The van der Waals surface area contributed by atoms with Crippen molar-refractivity contribution < 1.29 is 4.79 Å². The molecule has 4 N–H and O–H groups in total. The second-order valence-corrected chi connectivity index (χ2v) is 7.73. The van der Waals surface area contributed by atoms with Gasteiger partial charge in [-0.2, -0.15) is 0 Å². The van der Waals surface area contributed by atoms with Crippen LogP contribution in [0.2, 0.25) is 5.02 Å². The number of hydrogen-bond donors (Lipinski definition) is 3. The fourth-order valence-electron chi connectivity index (χ4n) is 3.36. The predicted molar refractivity (Wildman–Crippen MR) is 119 cm³/mol. The maximum Gasteiger partial charge on any atom is 0.254 e. The fraction of sp³-hybridized carbons (Fsp3) is 0.227. The molecule has 0 bridgehead atoms. The molecule has 7 nitrogen and oxygen atoms in total. The lowest BCUT2D eigenvalue weighted by atomic mass is 10.1. The first-order chi connectivity index (χ1) is 14.5. The van der Waals surface area contributed by atoms with E-state index in [0.717, 1.165) is 16.9 Å². The molecule has 1 aliphatic rings. The van der Waals surface area contributed by atoms with Gasteiger partial charge in [-0.15, -0.1) is 0 Å². The molecule has 30 heavy (non-hydrogen) atoms. The van der Waals surface area contributed by atoms with Gasteiger partial charge in [0.25, 0.3) is 5.91 Å². The Morgan fingerprint density at radius 1 is 1.17 bits per heavy atom. The molecule has 1 amide bonds. The monoisotopic (exact) mass is 422 g/mol. The first-order valence-corrected chi connectivity index (χ1v) is 10.1. The summed E-state index contributed by atoms with van der Waals surface area (Å²) in [5, 5.41) is 7.04. The lowest BCUT2D eigenvalue weighted by Gasteiger charge is -2.37. The highest BCUT2D eigenvalue weighted by atomic mass is 35.5. The van der Waals surface area contributed by atoms with Crippen LogP contribution < -0.4 is 16.4 Å². The first-order valence-electron chi connectivity index (χ1n) is 9.75. The molecular weight excluding hydrogens is 400 g/mol. The Kier molecular flexibility index (Phi) is 5.94. The third-order valence-electron chi connectivity index (χ3n) is 5.05. The van der Waals surface area contributed by atoms with Gasteiger partial charge >= 0.3 is 0 Å². The average molecular weight is 423 g/mol. The second-order valence-electron chi connectivity index (χ2n) is 7.30. The number of hydrogen-bond acceptors (Lipinski definition) is 6. The minimum atomic E-state index is -0.198. The molecule has 2 atom stereocenters. The summed E-state index contributed by atoms with van der Waals surface area (Å²) in [5.41, 5.74) is 9.10. The number of aromatic nitrogens is 2. The second kappa shape index (κ2) is 8.79. The van der Waals surface area contributed by atoms with E-state index >= 15 is 0 Å². The Bertz CT molecular complexity index is 1020. The van der Waals surface area contributed by atoms with E-state index in [2.05, 4.69) is 20.6 Å². The van der Waals surface area contributed by atoms with Gasteiger partial charge in [0.2, 0.25) is 5.95 Å². The maximum absolute atomic E-state index is 12.8. The lowest BCUT2D eigenvalue weighted by Crippen LogP contribution is -2.60. The summed E-state index contributed by atoms with van der Waals surface area (Å²) in [5.74, 6) is 0.454. The lowest BCUT2D eigenvalue weighted by molar-refractivity contribution is 0.0610. The number of carbonyl (C=O) groups excluding carboxylic acids is 1. The van der Waals surface area contributed by atoms with Crippen molar-refractivity contribution in [3.05, 3.63) is 71.4 Å². The summed E-state index contributed by atoms with van der Waals surface area (Å²) in [6.07, 6.45) is 1.50. The number of amides is 1. The molecule has 154 valence electrons. The van der Waals surface area contributed by atoms with Crippen LogP contribution in [-0.2, 0) is 0 Å². The van der Waals surface area contributed by atoms with E-state index in [1.54, 1.807) is 18.3 Å². The summed E-state index contributed by atoms with van der Waals surface area (Å²) in [6, 6.07) is 16.7. The summed E-state index contributed by atoms with van der Waals surface area (Å²) in [4.78, 5) is 23.5. The zero-order valence-corrected chi connectivity index (χ0v) is 17.3. The van der Waals surface area contributed by atoms with Gasteiger partial charge in [-0.3, -0.25) is 10.1 Å². The average Bonchev–Trinajstić information content (AvgIpc) is 2.76. The van der Waals surface area contributed by atoms with Crippen LogP contribution in [-0.4, -0.2) is 46.1 Å². The molecule has 2 aromatic carbocycles. The molecule has 1 aromatic heterocycles. The van der Waals surface area contributed by atoms with Crippen LogP contribution in [0.1, 0.15) is 17.3 Å². The van der Waals surface area contributed by atoms with Gasteiger partial charge in [0, 0.05) is 47.2 Å². The van der Waals surface area contributed by atoms with Crippen molar-refractivity contribution in [1.29, 1.82) is 0 Å². The molecule has 2 heterocycles. The Balaban J connectivity index is 1.47. The highest BCUT2D eigenvalue weighted by Gasteiger charge is 2.27. The highest BCUT2D eigenvalue weighted by Crippen LogP contribution is 2.22. The van der Waals surface area contributed by atoms with Crippen LogP contribution in [0, 0.1) is 0 Å². The molecule has 2 unspecified atom stereocenters. The van der Waals surface area contributed by atoms with Crippen molar-refractivity contribution in [3.8, 4) is 11.3 Å². The van der Waals surface area contributed by atoms with E-state index in [1.165, 1.54) is 0 Å². The first kappa shape index (κ1) is 20.3. The molecule has 0 saturated carbocycles. The summed E-state index contributed by atoms with van der Waals surface area (Å²) < 4.78 is 0. The summed E-state index contributed by atoms with van der Waals surface area (Å²) >= 11 is 5.96. The van der Waals surface area contributed by atoms with Gasteiger partial charge in [-0.05, 0) is 49.4 Å². The number of nitrogens with zero attached hydrogens (tertiary/aromatic N) is 3. The minimum Gasteiger partial charge on any atom is -0.332 e. The van der Waals surface area contributed by atoms with Gasteiger partial charge in [0.05, 0.1) is 11.9 Å². The van der Waals surface area contributed by atoms with E-state index in [9.17, 15) is 4.79 Å². The normalized spacial score (nSPS) is 18.8. The zero-order valence-electron chi connectivity index (χ0n) is 16.5. The van der Waals surface area contributed by atoms with Gasteiger partial charge in [-0.25, -0.2) is 9.97 Å². The third kappa shape index (κ3) is 4.59. The smallest absolute Gasteiger partial charge is 0.254 e. The van der Waals surface area contributed by atoms with Crippen LogP contribution in [0.25, 0.3) is 11.3 Å². The Morgan fingerprint density at radius 3 is 2.63 bits per heavy atom. The van der Waals surface area contributed by atoms with Crippen molar-refractivity contribution in [1.82, 2.24) is 20.2 Å². The molecule has 1 saturated heterocycles. The fourth-order valence-corrected chi connectivity index (χ4v) is 3.49. The Morgan fingerprint density at radius 2 is 1.90 bits per heavy atom. The van der Waals surface area contributed by atoms with Crippen LogP contribution in [0.15, 0.2) is 60.8 Å². The number of piperazine rings is 1. The van der Waals surface area contributed by atoms with E-state index < -0.39 is 0 Å². The van der Waals surface area contributed by atoms with Crippen molar-refractivity contribution in [2.75, 3.05) is 18.4 Å². The van der Waals surface area contributed by atoms with Crippen LogP contribution >= 0.6 is 11.6 Å². The number of carbonyl (C=O) groups is 1. The van der Waals surface area contributed by atoms with Crippen molar-refractivity contribution in [2.24, 2.45) is 5.73 Å². The molecule has 1 fully saturated rings. The van der Waals surface area contributed by atoms with Gasteiger partial charge < -0.3 is 16.0 Å². The molecular formula is C22H23ClN6O. The molecule has 1 aliphatic heterocycles. The number of rotatable bonds is 4. The SMILES string of the molecule is CC1CNC(N)CN1C(=O)c1ccc(Nc2nccc(-c3ccc(Cl)cc3)n2)cc1. The number of anilines is 2. The number of nitrogens with two attached hydrogens (primary N) is 1. The zero-order chi connectivity index (χ0) is 21.1. The van der Waals surface area contributed by atoms with Gasteiger partial charge in [-0.1, -0.05) is 23.7 Å². The standard InChI is InChI=1S/C22H23ClN6O/c1-14-12-26-20(24)13-29(14)21(30)16-4-8-18(9-5-16)27-22-25-11-10-19(28-22)15-2-6-17(23)7-3-15/h2-11,14,20,26H,12-13,24H2,1H3,(H,25,27,28). The summed E-state index contributed by atoms with van der Waals surface area (Å²) in [7, 11) is 0. The molecule has 3 aromatic rings. The predicted octanol–water partition coefficient (Wildman–Crippen LogP) is 3.26. The molecule has 0 spiro atoms. The summed E-state index contributed by atoms with van der Waals surface area (Å²) in [6.45, 7) is 3.19. The van der Waals surface area contributed by atoms with Gasteiger partial charge in [0.15, 0.2) is 0 Å². The molecule has 0 aliphatic carbocycles. The number of benzene rings is 2. The van der Waals surface area contributed by atoms with E-state index in [0.29, 0.717) is 29.6 Å². The van der Waals surface area contributed by atoms with E-state index in [4.69, 9.17) is 17.3 Å². The number of halogens is 1. The molecule has 4 rings (SSSR count).